The van der Waals surface area contributed by atoms with Crippen LogP contribution in [-0.2, 0) is 9.59 Å². The highest BCUT2D eigenvalue weighted by atomic mass is 79.9. The lowest BCUT2D eigenvalue weighted by Crippen LogP contribution is -2.57. The highest BCUT2D eigenvalue weighted by molar-refractivity contribution is 9.10. The highest BCUT2D eigenvalue weighted by Crippen LogP contribution is 2.46. The molecule has 0 bridgehead atoms. The normalized spacial score (nSPS) is 16.8. The topological polar surface area (TPSA) is 109 Å². The van der Waals surface area contributed by atoms with Crippen molar-refractivity contribution in [1.82, 2.24) is 15.5 Å². The van der Waals surface area contributed by atoms with Crippen molar-refractivity contribution in [3.63, 3.8) is 0 Å². The molecule has 0 radical (unpaired) electrons. The van der Waals surface area contributed by atoms with Crippen LogP contribution in [0.4, 0.5) is 0 Å². The van der Waals surface area contributed by atoms with Crippen molar-refractivity contribution in [1.29, 1.82) is 0 Å². The number of carbonyl (C=O) groups excluding carboxylic acids is 3. The van der Waals surface area contributed by atoms with Crippen molar-refractivity contribution in [3.8, 4) is 0 Å². The molecule has 10 heteroatoms. The van der Waals surface area contributed by atoms with Gasteiger partial charge in [0.15, 0.2) is 11.2 Å². The van der Waals surface area contributed by atoms with Gasteiger partial charge in [-0.3, -0.25) is 19.2 Å². The molecular weight excluding hydrogens is 658 g/mol. The minimum Gasteiger partial charge on any atom is -0.451 e. The Bertz CT molecular complexity index is 1550. The monoisotopic (exact) mass is 699 g/mol. The number of hydrogen-bond acceptors (Lipinski definition) is 5. The van der Waals surface area contributed by atoms with E-state index < -0.39 is 11.3 Å². The van der Waals surface area contributed by atoms with Crippen LogP contribution in [0.1, 0.15) is 81.8 Å². The summed E-state index contributed by atoms with van der Waals surface area (Å²) in [6, 6.07) is 13.9. The molecule has 8 nitrogen and oxygen atoms in total. The number of aryl methyl sites for hydroxylation is 1. The van der Waals surface area contributed by atoms with E-state index in [1.807, 2.05) is 52.0 Å². The van der Waals surface area contributed by atoms with Crippen molar-refractivity contribution in [3.05, 3.63) is 79.6 Å². The third kappa shape index (κ3) is 9.19. The Hall–Kier alpha value is -3.17. The smallest absolute Gasteiger partial charge is 0.287 e. The summed E-state index contributed by atoms with van der Waals surface area (Å²) in [7, 11) is 0. The van der Waals surface area contributed by atoms with Crippen LogP contribution in [0.3, 0.4) is 0 Å². The molecule has 0 atom stereocenters. The Kier molecular flexibility index (Phi) is 11.5. The van der Waals surface area contributed by atoms with Crippen LogP contribution in [0.5, 0.6) is 0 Å². The van der Waals surface area contributed by atoms with E-state index in [1.165, 1.54) is 12.0 Å². The number of nitrogens with one attached hydrogen (secondary N) is 2. The zero-order valence-corrected chi connectivity index (χ0v) is 28.9. The second-order valence-corrected chi connectivity index (χ2v) is 14.5. The van der Waals surface area contributed by atoms with Crippen LogP contribution in [0.25, 0.3) is 11.0 Å². The maximum Gasteiger partial charge on any atom is 0.287 e. The van der Waals surface area contributed by atoms with E-state index in [0.29, 0.717) is 42.8 Å². The number of rotatable bonds is 5. The summed E-state index contributed by atoms with van der Waals surface area (Å²) >= 11 is 8.93. The zero-order valence-electron chi connectivity index (χ0n) is 26.5. The number of piperidine rings is 1. The SMILES string of the molecule is CC(C)(C)NC(=O)C1(C2CCCCC2)CCN(C(=O)CNC(=O)c2cc(=O)c3cc(Br)ccc3o2)CC1.Cc1ccc(Cl)cc1. The standard InChI is InChI=1S/C28H36BrN3O5.C7H7Cl/c1-27(2,3)31-26(36)28(18-7-5-4-6-8-18)11-13-32(14-12-28)24(34)17-30-25(35)23-16-21(33)20-15-19(29)9-10-22(20)37-23;1-6-2-4-7(8)5-3-6/h9-10,15-16,18H,4-8,11-14,17H2,1-3H3,(H,30,35)(H,31,36);2-5H,1H3. The van der Waals surface area contributed by atoms with Crippen LogP contribution in [0.15, 0.2) is 62.2 Å². The van der Waals surface area contributed by atoms with Crippen molar-refractivity contribution < 1.29 is 18.8 Å². The van der Waals surface area contributed by atoms with E-state index in [1.54, 1.807) is 23.1 Å². The molecule has 2 aliphatic rings. The van der Waals surface area contributed by atoms with Gasteiger partial charge in [-0.05, 0) is 89.6 Å². The second-order valence-electron chi connectivity index (χ2n) is 13.2. The van der Waals surface area contributed by atoms with Gasteiger partial charge in [-0.25, -0.2) is 0 Å². The number of benzene rings is 2. The number of carbonyl (C=O) groups is 3. The Labute approximate surface area is 278 Å². The second kappa shape index (κ2) is 14.9. The Morgan fingerprint density at radius 1 is 1.00 bits per heavy atom. The molecule has 2 N–H and O–H groups in total. The molecule has 45 heavy (non-hydrogen) atoms. The van der Waals surface area contributed by atoms with Gasteiger partial charge in [-0.15, -0.1) is 0 Å². The van der Waals surface area contributed by atoms with Gasteiger partial charge in [0.05, 0.1) is 17.3 Å². The van der Waals surface area contributed by atoms with E-state index in [-0.39, 0.29) is 35.1 Å². The van der Waals surface area contributed by atoms with Gasteiger partial charge in [-0.2, -0.15) is 0 Å². The number of likely N-dealkylation sites (tertiary alicyclic amines) is 1. The van der Waals surface area contributed by atoms with Crippen molar-refractivity contribution in [2.75, 3.05) is 19.6 Å². The molecule has 3 aromatic rings. The van der Waals surface area contributed by atoms with Crippen LogP contribution in [0, 0.1) is 18.3 Å². The minimum absolute atomic E-state index is 0.102. The van der Waals surface area contributed by atoms with Crippen molar-refractivity contribution in [2.45, 2.75) is 78.2 Å². The molecule has 1 aromatic heterocycles. The van der Waals surface area contributed by atoms with Crippen molar-refractivity contribution >= 4 is 56.2 Å². The summed E-state index contributed by atoms with van der Waals surface area (Å²) in [4.78, 5) is 53.2. The van der Waals surface area contributed by atoms with E-state index in [2.05, 4.69) is 26.6 Å². The largest absolute Gasteiger partial charge is 0.451 e. The Balaban J connectivity index is 0.000000501. The average molecular weight is 701 g/mol. The highest BCUT2D eigenvalue weighted by Gasteiger charge is 2.48. The van der Waals surface area contributed by atoms with Crippen molar-refractivity contribution in [2.24, 2.45) is 11.3 Å². The van der Waals surface area contributed by atoms with E-state index in [0.717, 1.165) is 41.2 Å². The van der Waals surface area contributed by atoms with Crippen LogP contribution in [0.2, 0.25) is 5.02 Å². The number of nitrogens with zero attached hydrogens (tertiary/aromatic N) is 1. The predicted octanol–water partition coefficient (Wildman–Crippen LogP) is 7.04. The summed E-state index contributed by atoms with van der Waals surface area (Å²) in [6.07, 6.45) is 6.85. The lowest BCUT2D eigenvalue weighted by Gasteiger charge is -2.47. The first-order valence-electron chi connectivity index (χ1n) is 15.6. The Morgan fingerprint density at radius 2 is 1.64 bits per heavy atom. The molecule has 0 spiro atoms. The summed E-state index contributed by atoms with van der Waals surface area (Å²) in [5.41, 5.74) is 0.439. The predicted molar refractivity (Wildman–Crippen MR) is 181 cm³/mol. The van der Waals surface area contributed by atoms with Gasteiger partial charge >= 0.3 is 0 Å². The first-order valence-corrected chi connectivity index (χ1v) is 16.8. The molecule has 5 rings (SSSR count). The van der Waals surface area contributed by atoms with E-state index in [4.69, 9.17) is 16.0 Å². The summed E-state index contributed by atoms with van der Waals surface area (Å²) in [5.74, 6) is -0.536. The van der Waals surface area contributed by atoms with Gasteiger partial charge < -0.3 is 20.0 Å². The maximum absolute atomic E-state index is 13.5. The molecule has 2 heterocycles. The Morgan fingerprint density at radius 3 is 2.24 bits per heavy atom. The zero-order chi connectivity index (χ0) is 32.8. The number of halogens is 2. The molecule has 0 unspecified atom stereocenters. The van der Waals surface area contributed by atoms with Gasteiger partial charge in [-0.1, -0.05) is 64.5 Å². The van der Waals surface area contributed by atoms with E-state index >= 15 is 0 Å². The fraction of sp³-hybridized carbons (Fsp3) is 0.486. The van der Waals surface area contributed by atoms with Gasteiger partial charge in [0.1, 0.15) is 5.58 Å². The fourth-order valence-corrected chi connectivity index (χ4v) is 6.71. The maximum atomic E-state index is 13.5. The van der Waals surface area contributed by atoms with E-state index in [9.17, 15) is 19.2 Å². The molecule has 1 saturated heterocycles. The fourth-order valence-electron chi connectivity index (χ4n) is 6.22. The van der Waals surface area contributed by atoms with Gasteiger partial charge in [0.25, 0.3) is 5.91 Å². The van der Waals surface area contributed by atoms with Crippen LogP contribution >= 0.6 is 27.5 Å². The van der Waals surface area contributed by atoms with Crippen LogP contribution in [-0.4, -0.2) is 47.8 Å². The summed E-state index contributed by atoms with van der Waals surface area (Å²) < 4.78 is 6.33. The van der Waals surface area contributed by atoms with Gasteiger partial charge in [0.2, 0.25) is 11.8 Å². The first-order chi connectivity index (χ1) is 21.3. The number of amides is 3. The molecule has 1 aliphatic carbocycles. The summed E-state index contributed by atoms with van der Waals surface area (Å²) in [5, 5.41) is 6.97. The summed E-state index contributed by atoms with van der Waals surface area (Å²) in [6.45, 7) is 8.78. The molecular formula is C35H43BrClN3O5. The molecule has 2 aromatic carbocycles. The lowest BCUT2D eigenvalue weighted by atomic mass is 9.63. The molecule has 2 fully saturated rings. The molecule has 1 saturated carbocycles. The number of fused-ring (bicyclic) bond motifs is 1. The molecule has 3 amide bonds. The molecule has 242 valence electrons. The third-order valence-electron chi connectivity index (χ3n) is 8.66. The minimum atomic E-state index is -0.617. The molecule has 1 aliphatic heterocycles. The average Bonchev–Trinajstić information content (AvgIpc) is 3.01. The number of hydrogen-bond donors (Lipinski definition) is 2. The third-order valence-corrected chi connectivity index (χ3v) is 9.41. The lowest BCUT2D eigenvalue weighted by molar-refractivity contribution is -0.145. The quantitative estimate of drug-likeness (QED) is 0.297. The van der Waals surface area contributed by atoms with Gasteiger partial charge in [0, 0.05) is 34.2 Å². The van der Waals surface area contributed by atoms with Crippen LogP contribution < -0.4 is 16.1 Å². The first kappa shape index (κ1) is 34.7.